The summed E-state index contributed by atoms with van der Waals surface area (Å²) in [5.74, 6) is -1.39. The van der Waals surface area contributed by atoms with Gasteiger partial charge in [-0.05, 0) is 51.2 Å². The van der Waals surface area contributed by atoms with E-state index in [4.69, 9.17) is 23.3 Å². The number of hydrogen-bond acceptors (Lipinski definition) is 8. The molecule has 0 bridgehead atoms. The third kappa shape index (κ3) is 8.88. The van der Waals surface area contributed by atoms with E-state index in [1.54, 1.807) is 19.3 Å². The number of aliphatic carboxylic acids is 1. The van der Waals surface area contributed by atoms with E-state index in [-0.39, 0.29) is 30.9 Å². The Bertz CT molecular complexity index is 1130. The third-order valence-electron chi connectivity index (χ3n) is 7.21. The molecule has 1 aliphatic rings. The molecule has 0 radical (unpaired) electrons. The van der Waals surface area contributed by atoms with Crippen LogP contribution in [-0.4, -0.2) is 64.6 Å². The van der Waals surface area contributed by atoms with Gasteiger partial charge in [0.05, 0.1) is 17.8 Å². The van der Waals surface area contributed by atoms with Gasteiger partial charge < -0.3 is 28.4 Å². The molecule has 1 heterocycles. The number of carbonyl (C=O) groups excluding carboxylic acids is 1. The van der Waals surface area contributed by atoms with Crippen LogP contribution < -0.4 is 4.74 Å². The van der Waals surface area contributed by atoms with Gasteiger partial charge in [0.15, 0.2) is 0 Å². The van der Waals surface area contributed by atoms with Crippen LogP contribution >= 0.6 is 7.60 Å². The maximum absolute atomic E-state index is 12.7. The zero-order valence-electron chi connectivity index (χ0n) is 24.4. The lowest BCUT2D eigenvalue weighted by atomic mass is 9.94. The van der Waals surface area contributed by atoms with Crippen LogP contribution in [-0.2, 0) is 40.9 Å². The van der Waals surface area contributed by atoms with Gasteiger partial charge in [-0.3, -0.25) is 9.36 Å². The van der Waals surface area contributed by atoms with Gasteiger partial charge in [-0.2, -0.15) is 0 Å². The van der Waals surface area contributed by atoms with Crippen molar-refractivity contribution >= 4 is 27.6 Å². The minimum Gasteiger partial charge on any atom is -0.493 e. The summed E-state index contributed by atoms with van der Waals surface area (Å²) in [6.07, 6.45) is 7.13. The van der Waals surface area contributed by atoms with Crippen molar-refractivity contribution in [1.29, 1.82) is 0 Å². The largest absolute Gasteiger partial charge is 0.493 e. The van der Waals surface area contributed by atoms with E-state index in [0.717, 1.165) is 22.3 Å². The Morgan fingerprint density at radius 3 is 2.49 bits per heavy atom. The summed E-state index contributed by atoms with van der Waals surface area (Å²) in [6, 6.07) is 2.03. The maximum atomic E-state index is 12.7. The lowest BCUT2D eigenvalue weighted by Crippen LogP contribution is -2.48. The van der Waals surface area contributed by atoms with Crippen molar-refractivity contribution in [3.05, 3.63) is 52.1 Å². The molecule has 2 unspecified atom stereocenters. The number of rotatable bonds is 16. The third-order valence-corrected chi connectivity index (χ3v) is 12.3. The molecule has 218 valence electrons. The summed E-state index contributed by atoms with van der Waals surface area (Å²) in [4.78, 5) is 24.6. The number of allylic oxidation sites excluding steroid dienone is 4. The van der Waals surface area contributed by atoms with E-state index < -0.39 is 27.6 Å². The van der Waals surface area contributed by atoms with Crippen molar-refractivity contribution in [2.24, 2.45) is 5.92 Å². The first-order valence-electron chi connectivity index (χ1n) is 13.0. The first-order chi connectivity index (χ1) is 18.3. The highest BCUT2D eigenvalue weighted by atomic mass is 31.2. The molecule has 0 fully saturated rings. The summed E-state index contributed by atoms with van der Waals surface area (Å²) in [7, 11) is -0.773. The number of carboxylic acids is 1. The molecule has 1 aliphatic heterocycles. The average Bonchev–Trinajstić information content (AvgIpc) is 3.28. The molecule has 0 spiro atoms. The van der Waals surface area contributed by atoms with Crippen LogP contribution in [0.2, 0.25) is 13.1 Å². The van der Waals surface area contributed by atoms with Crippen LogP contribution in [0.5, 0.6) is 5.75 Å². The van der Waals surface area contributed by atoms with E-state index in [0.29, 0.717) is 30.4 Å². The lowest BCUT2D eigenvalue weighted by molar-refractivity contribution is -0.141. The lowest BCUT2D eigenvalue weighted by Gasteiger charge is -2.30. The van der Waals surface area contributed by atoms with Crippen LogP contribution in [0.25, 0.3) is 0 Å². The fraction of sp³-hybridized carbons (Fsp3) is 0.571. The fourth-order valence-electron chi connectivity index (χ4n) is 4.35. The molecule has 39 heavy (non-hydrogen) atoms. The van der Waals surface area contributed by atoms with Crippen LogP contribution in [0.3, 0.4) is 0 Å². The Balaban J connectivity index is 2.25. The van der Waals surface area contributed by atoms with E-state index in [1.165, 1.54) is 14.2 Å². The van der Waals surface area contributed by atoms with Crippen molar-refractivity contribution in [3.8, 4) is 5.75 Å². The monoisotopic (exact) mass is 582 g/mol. The normalized spacial score (nSPS) is 15.8. The molecule has 1 aromatic rings. The smallest absolute Gasteiger partial charge is 0.342 e. The molecule has 0 aliphatic carbocycles. The molecule has 0 saturated heterocycles. The Morgan fingerprint density at radius 2 is 1.90 bits per heavy atom. The second-order valence-corrected chi connectivity index (χ2v) is 18.0. The SMILES string of the molecule is COC[Si](C)(C)C(C)Oc1c(C/C=C(\C)CC(C/C=C/CP(=O)(OC)OC)C(=O)O)cc(C)c2c1C(=O)OC2. The van der Waals surface area contributed by atoms with E-state index in [9.17, 15) is 19.3 Å². The molecule has 11 heteroatoms. The molecule has 1 aromatic carbocycles. The topological polar surface area (TPSA) is 118 Å². The molecular formula is C28H43O9PSi. The molecule has 0 saturated carbocycles. The van der Waals surface area contributed by atoms with Gasteiger partial charge >= 0.3 is 19.5 Å². The minimum atomic E-state index is -3.18. The second-order valence-electron chi connectivity index (χ2n) is 10.7. The minimum absolute atomic E-state index is 0.0759. The number of aryl methyl sites for hydroxylation is 1. The number of benzene rings is 1. The Kier molecular flexibility index (Phi) is 12.2. The second kappa shape index (κ2) is 14.4. The maximum Gasteiger partial charge on any atom is 0.342 e. The predicted molar refractivity (Wildman–Crippen MR) is 153 cm³/mol. The Hall–Kier alpha value is -2.23. The average molecular weight is 583 g/mol. The number of cyclic esters (lactones) is 1. The molecular weight excluding hydrogens is 539 g/mol. The highest BCUT2D eigenvalue weighted by Gasteiger charge is 2.35. The summed E-state index contributed by atoms with van der Waals surface area (Å²) in [5, 5.41) is 9.75. The summed E-state index contributed by atoms with van der Waals surface area (Å²) in [6.45, 7) is 10.5. The van der Waals surface area contributed by atoms with Crippen molar-refractivity contribution < 1.29 is 42.5 Å². The van der Waals surface area contributed by atoms with Crippen LogP contribution in [0.1, 0.15) is 53.7 Å². The number of fused-ring (bicyclic) bond motifs is 1. The number of hydrogen-bond donors (Lipinski definition) is 1. The first kappa shape index (κ1) is 33.0. The van der Waals surface area contributed by atoms with Crippen LogP contribution in [0.15, 0.2) is 29.9 Å². The van der Waals surface area contributed by atoms with Gasteiger partial charge in [-0.1, -0.05) is 43.0 Å². The summed E-state index contributed by atoms with van der Waals surface area (Å²) in [5.41, 5.74) is 3.95. The molecule has 0 amide bonds. The molecule has 2 rings (SSSR count). The quantitative estimate of drug-likeness (QED) is 0.110. The van der Waals surface area contributed by atoms with Gasteiger partial charge in [0, 0.05) is 33.1 Å². The van der Waals surface area contributed by atoms with Gasteiger partial charge in [0.1, 0.15) is 26.0 Å². The van der Waals surface area contributed by atoms with Gasteiger partial charge in [0.25, 0.3) is 0 Å². The standard InChI is InChI=1S/C28H43O9PSi/c1-19(15-23(27(29)30)11-9-10-14-38(32,34-5)35-6)12-13-22-16-20(2)24-17-36-28(31)25(24)26(22)37-21(3)39(7,8)18-33-4/h9-10,12,16,21,23H,11,13-15,17-18H2,1-8H3,(H,29,30)/b10-9+,19-12+. The first-order valence-corrected chi connectivity index (χ1v) is 18.0. The zero-order chi connectivity index (χ0) is 29.4. The number of esters is 1. The van der Waals surface area contributed by atoms with Gasteiger partial charge in [-0.15, -0.1) is 0 Å². The summed E-state index contributed by atoms with van der Waals surface area (Å²) < 4.78 is 39.2. The highest BCUT2D eigenvalue weighted by molar-refractivity contribution is 7.54. The fourth-order valence-corrected chi connectivity index (χ4v) is 6.62. The van der Waals surface area contributed by atoms with Crippen LogP contribution in [0.4, 0.5) is 0 Å². The number of carbonyl (C=O) groups is 2. The molecule has 9 nitrogen and oxygen atoms in total. The predicted octanol–water partition coefficient (Wildman–Crippen LogP) is 5.88. The molecule has 1 N–H and O–H groups in total. The van der Waals surface area contributed by atoms with E-state index in [1.807, 2.05) is 32.9 Å². The van der Waals surface area contributed by atoms with Crippen molar-refractivity contribution in [3.63, 3.8) is 0 Å². The highest BCUT2D eigenvalue weighted by Crippen LogP contribution is 2.46. The van der Waals surface area contributed by atoms with Crippen LogP contribution in [0, 0.1) is 12.8 Å². The van der Waals surface area contributed by atoms with Gasteiger partial charge in [0.2, 0.25) is 0 Å². The molecule has 2 atom stereocenters. The van der Waals surface area contributed by atoms with Crippen molar-refractivity contribution in [2.45, 2.75) is 65.5 Å². The number of methoxy groups -OCH3 is 1. The van der Waals surface area contributed by atoms with Gasteiger partial charge in [-0.25, -0.2) is 4.79 Å². The molecule has 0 aromatic heterocycles. The van der Waals surface area contributed by atoms with E-state index >= 15 is 0 Å². The Labute approximate surface area is 233 Å². The Morgan fingerprint density at radius 1 is 1.23 bits per heavy atom. The van der Waals surface area contributed by atoms with Crippen molar-refractivity contribution in [1.82, 2.24) is 0 Å². The number of ether oxygens (including phenoxy) is 3. The van der Waals surface area contributed by atoms with Crippen molar-refractivity contribution in [2.75, 3.05) is 33.7 Å². The number of carboxylic acid groups (broad SMARTS) is 1. The zero-order valence-corrected chi connectivity index (χ0v) is 26.3. The van der Waals surface area contributed by atoms with E-state index in [2.05, 4.69) is 13.1 Å². The summed E-state index contributed by atoms with van der Waals surface area (Å²) >= 11 is 0.